The van der Waals surface area contributed by atoms with Crippen molar-refractivity contribution < 1.29 is 19.0 Å². The third-order valence-corrected chi connectivity index (χ3v) is 4.69. The predicted molar refractivity (Wildman–Crippen MR) is 116 cm³/mol. The van der Waals surface area contributed by atoms with Gasteiger partial charge in [0.05, 0.1) is 26.4 Å². The quantitative estimate of drug-likeness (QED) is 0.336. The van der Waals surface area contributed by atoms with Crippen molar-refractivity contribution >= 4 is 12.1 Å². The monoisotopic (exact) mass is 414 g/mol. The lowest BCUT2D eigenvalue weighted by atomic mass is 9.96. The summed E-state index contributed by atoms with van der Waals surface area (Å²) in [6.07, 6.45) is 1.85. The minimum Gasteiger partial charge on any atom is -0.444 e. The first-order valence-electron chi connectivity index (χ1n) is 10.9. The van der Waals surface area contributed by atoms with Crippen molar-refractivity contribution in [1.29, 1.82) is 0 Å². The molecule has 170 valence electrons. The SMILES string of the molecule is CCNC(=NCCOCCOC)N1CCC(CN(CC)C(=O)OC(C)(C)C)CC1. The zero-order valence-corrected chi connectivity index (χ0v) is 19.3. The highest BCUT2D eigenvalue weighted by Gasteiger charge is 2.27. The van der Waals surface area contributed by atoms with Crippen LogP contribution in [0.1, 0.15) is 47.5 Å². The second-order valence-corrected chi connectivity index (χ2v) is 8.29. The summed E-state index contributed by atoms with van der Waals surface area (Å²) >= 11 is 0. The normalized spacial score (nSPS) is 16.1. The topological polar surface area (TPSA) is 75.6 Å². The van der Waals surface area contributed by atoms with Gasteiger partial charge in [0, 0.05) is 39.8 Å². The zero-order chi connectivity index (χ0) is 21.7. The van der Waals surface area contributed by atoms with E-state index in [-0.39, 0.29) is 6.09 Å². The van der Waals surface area contributed by atoms with Gasteiger partial charge in [0.1, 0.15) is 5.60 Å². The molecule has 0 bridgehead atoms. The third kappa shape index (κ3) is 10.7. The van der Waals surface area contributed by atoms with E-state index in [4.69, 9.17) is 14.2 Å². The lowest BCUT2D eigenvalue weighted by Crippen LogP contribution is -2.48. The van der Waals surface area contributed by atoms with E-state index < -0.39 is 5.60 Å². The number of hydrogen-bond acceptors (Lipinski definition) is 5. The molecule has 8 heteroatoms. The molecule has 0 atom stereocenters. The highest BCUT2D eigenvalue weighted by Crippen LogP contribution is 2.20. The Morgan fingerprint density at radius 3 is 2.41 bits per heavy atom. The molecule has 0 unspecified atom stereocenters. The number of carbonyl (C=O) groups is 1. The maximum Gasteiger partial charge on any atom is 0.410 e. The molecule has 1 aliphatic heterocycles. The Balaban J connectivity index is 2.47. The highest BCUT2D eigenvalue weighted by molar-refractivity contribution is 5.80. The van der Waals surface area contributed by atoms with E-state index in [0.717, 1.165) is 45.0 Å². The van der Waals surface area contributed by atoms with Gasteiger partial charge in [-0.3, -0.25) is 4.99 Å². The molecular weight excluding hydrogens is 372 g/mol. The molecule has 0 spiro atoms. The summed E-state index contributed by atoms with van der Waals surface area (Å²) < 4.78 is 16.0. The van der Waals surface area contributed by atoms with E-state index in [0.29, 0.717) is 38.8 Å². The highest BCUT2D eigenvalue weighted by atomic mass is 16.6. The number of aliphatic imine (C=N–C) groups is 1. The number of carbonyl (C=O) groups excluding carboxylic acids is 1. The van der Waals surface area contributed by atoms with Gasteiger partial charge >= 0.3 is 6.09 Å². The maximum atomic E-state index is 12.4. The first-order valence-corrected chi connectivity index (χ1v) is 10.9. The Kier molecular flexibility index (Phi) is 12.0. The van der Waals surface area contributed by atoms with Crippen molar-refractivity contribution in [3.8, 4) is 0 Å². The first kappa shape index (κ1) is 25.5. The van der Waals surface area contributed by atoms with E-state index in [1.165, 1.54) is 0 Å². The van der Waals surface area contributed by atoms with Crippen molar-refractivity contribution in [2.45, 2.75) is 53.1 Å². The van der Waals surface area contributed by atoms with Crippen molar-refractivity contribution in [3.05, 3.63) is 0 Å². The second-order valence-electron chi connectivity index (χ2n) is 8.29. The van der Waals surface area contributed by atoms with Crippen LogP contribution >= 0.6 is 0 Å². The van der Waals surface area contributed by atoms with Crippen LogP contribution in [-0.4, -0.2) is 93.7 Å². The van der Waals surface area contributed by atoms with Gasteiger partial charge in [0.25, 0.3) is 0 Å². The lowest BCUT2D eigenvalue weighted by molar-refractivity contribution is 0.0214. The molecule has 0 aliphatic carbocycles. The van der Waals surface area contributed by atoms with Gasteiger partial charge in [-0.1, -0.05) is 0 Å². The fraction of sp³-hybridized carbons (Fsp3) is 0.905. The van der Waals surface area contributed by atoms with Gasteiger partial charge < -0.3 is 29.3 Å². The van der Waals surface area contributed by atoms with Crippen molar-refractivity contribution in [3.63, 3.8) is 0 Å². The third-order valence-electron chi connectivity index (χ3n) is 4.69. The Labute approximate surface area is 176 Å². The van der Waals surface area contributed by atoms with Crippen LogP contribution in [0.25, 0.3) is 0 Å². The van der Waals surface area contributed by atoms with Crippen LogP contribution in [0.3, 0.4) is 0 Å². The molecule has 0 radical (unpaired) electrons. The minimum atomic E-state index is -0.460. The molecule has 1 saturated heterocycles. The number of methoxy groups -OCH3 is 1. The maximum absolute atomic E-state index is 12.4. The molecule has 0 aromatic rings. The van der Waals surface area contributed by atoms with Gasteiger partial charge in [-0.15, -0.1) is 0 Å². The van der Waals surface area contributed by atoms with Crippen LogP contribution in [0.4, 0.5) is 4.79 Å². The van der Waals surface area contributed by atoms with Crippen LogP contribution in [0.5, 0.6) is 0 Å². The summed E-state index contributed by atoms with van der Waals surface area (Å²) in [5.74, 6) is 1.43. The molecule has 29 heavy (non-hydrogen) atoms. The summed E-state index contributed by atoms with van der Waals surface area (Å²) in [6, 6.07) is 0. The molecule has 0 aromatic heterocycles. The van der Waals surface area contributed by atoms with E-state index >= 15 is 0 Å². The molecule has 1 fully saturated rings. The smallest absolute Gasteiger partial charge is 0.410 e. The summed E-state index contributed by atoms with van der Waals surface area (Å²) in [4.78, 5) is 21.2. The summed E-state index contributed by atoms with van der Waals surface area (Å²) in [7, 11) is 1.67. The average Bonchev–Trinajstić information content (AvgIpc) is 2.67. The van der Waals surface area contributed by atoms with Crippen LogP contribution < -0.4 is 5.32 Å². The molecule has 0 saturated carbocycles. The number of nitrogens with zero attached hydrogens (tertiary/aromatic N) is 3. The number of likely N-dealkylation sites (tertiary alicyclic amines) is 1. The number of ether oxygens (including phenoxy) is 3. The molecule has 8 nitrogen and oxygen atoms in total. The molecule has 1 aliphatic rings. The summed E-state index contributed by atoms with van der Waals surface area (Å²) in [5.41, 5.74) is -0.460. The number of nitrogens with one attached hydrogen (secondary N) is 1. The second kappa shape index (κ2) is 13.6. The Bertz CT molecular complexity index is 486. The van der Waals surface area contributed by atoms with Gasteiger partial charge in [-0.05, 0) is 53.4 Å². The number of guanidine groups is 1. The number of rotatable bonds is 10. The van der Waals surface area contributed by atoms with Gasteiger partial charge in [-0.2, -0.15) is 0 Å². The lowest BCUT2D eigenvalue weighted by Gasteiger charge is -2.36. The van der Waals surface area contributed by atoms with E-state index in [2.05, 4.69) is 22.1 Å². The van der Waals surface area contributed by atoms with E-state index in [1.807, 2.05) is 32.6 Å². The van der Waals surface area contributed by atoms with E-state index in [1.54, 1.807) is 7.11 Å². The Morgan fingerprint density at radius 1 is 1.17 bits per heavy atom. The predicted octanol–water partition coefficient (Wildman–Crippen LogP) is 2.58. The largest absolute Gasteiger partial charge is 0.444 e. The molecule has 1 amide bonds. The fourth-order valence-corrected chi connectivity index (χ4v) is 3.18. The average molecular weight is 415 g/mol. The molecule has 1 rings (SSSR count). The van der Waals surface area contributed by atoms with Crippen LogP contribution in [0, 0.1) is 5.92 Å². The Hall–Kier alpha value is -1.54. The molecular formula is C21H42N4O4. The fourth-order valence-electron chi connectivity index (χ4n) is 3.18. The first-order chi connectivity index (χ1) is 13.8. The van der Waals surface area contributed by atoms with Gasteiger partial charge in [0.2, 0.25) is 0 Å². The van der Waals surface area contributed by atoms with Crippen molar-refractivity contribution in [1.82, 2.24) is 15.1 Å². The van der Waals surface area contributed by atoms with Gasteiger partial charge in [0.15, 0.2) is 5.96 Å². The molecule has 1 heterocycles. The molecule has 1 N–H and O–H groups in total. The van der Waals surface area contributed by atoms with Crippen LogP contribution in [0.15, 0.2) is 4.99 Å². The number of piperidine rings is 1. The number of amides is 1. The summed E-state index contributed by atoms with van der Waals surface area (Å²) in [5, 5.41) is 3.38. The Morgan fingerprint density at radius 2 is 1.86 bits per heavy atom. The van der Waals surface area contributed by atoms with Crippen LogP contribution in [0.2, 0.25) is 0 Å². The van der Waals surface area contributed by atoms with Crippen molar-refractivity contribution in [2.75, 3.05) is 66.2 Å². The molecule has 0 aromatic carbocycles. The minimum absolute atomic E-state index is 0.217. The standard InChI is InChI=1S/C21H42N4O4/c1-7-22-19(23-11-14-28-16-15-27-6)25-12-9-18(10-13-25)17-24(8-2)20(26)29-21(3,4)5/h18H,7-17H2,1-6H3,(H,22,23). The van der Waals surface area contributed by atoms with Crippen molar-refractivity contribution in [2.24, 2.45) is 10.9 Å². The summed E-state index contributed by atoms with van der Waals surface area (Å²) in [6.45, 7) is 16.4. The zero-order valence-electron chi connectivity index (χ0n) is 19.3. The number of hydrogen-bond donors (Lipinski definition) is 1. The van der Waals surface area contributed by atoms with E-state index in [9.17, 15) is 4.79 Å². The van der Waals surface area contributed by atoms with Gasteiger partial charge in [-0.25, -0.2) is 4.79 Å². The van der Waals surface area contributed by atoms with Crippen LogP contribution in [-0.2, 0) is 14.2 Å².